The first kappa shape index (κ1) is 16.4. The van der Waals surface area contributed by atoms with Gasteiger partial charge in [0.05, 0.1) is 10.8 Å². The Balaban J connectivity index is 2.36. The third-order valence-corrected chi connectivity index (χ3v) is 5.76. The number of sulfonamides is 1. The Morgan fingerprint density at radius 3 is 2.55 bits per heavy atom. The van der Waals surface area contributed by atoms with Crippen LogP contribution in [0.4, 0.5) is 0 Å². The molecule has 8 heteroatoms. The lowest BCUT2D eigenvalue weighted by molar-refractivity contribution is -0.122. The summed E-state index contributed by atoms with van der Waals surface area (Å²) in [5.41, 5.74) is 11.3. The summed E-state index contributed by atoms with van der Waals surface area (Å²) in [7, 11) is -3.78. The minimum atomic E-state index is -3.78. The van der Waals surface area contributed by atoms with Crippen molar-refractivity contribution in [3.05, 3.63) is 29.3 Å². The van der Waals surface area contributed by atoms with Crippen LogP contribution in [0, 0.1) is 12.8 Å². The number of benzene rings is 1. The molecule has 0 aliphatic carbocycles. The molecule has 2 amide bonds. The first-order valence-electron chi connectivity index (χ1n) is 6.93. The minimum absolute atomic E-state index is 0.00276. The third-order valence-electron chi connectivity index (χ3n) is 3.90. The van der Waals surface area contributed by atoms with E-state index in [9.17, 15) is 18.0 Å². The lowest BCUT2D eigenvalue weighted by Gasteiger charge is -2.30. The average molecular weight is 325 g/mol. The zero-order valence-electron chi connectivity index (χ0n) is 12.3. The van der Waals surface area contributed by atoms with Crippen molar-refractivity contribution >= 4 is 21.8 Å². The molecule has 1 saturated heterocycles. The number of aryl methyl sites for hydroxylation is 1. The van der Waals surface area contributed by atoms with Gasteiger partial charge in [0.1, 0.15) is 0 Å². The second-order valence-corrected chi connectivity index (χ2v) is 7.38. The van der Waals surface area contributed by atoms with E-state index in [1.807, 2.05) is 0 Å². The van der Waals surface area contributed by atoms with E-state index in [1.54, 1.807) is 13.0 Å². The fourth-order valence-corrected chi connectivity index (χ4v) is 4.12. The van der Waals surface area contributed by atoms with E-state index in [2.05, 4.69) is 0 Å². The molecule has 1 fully saturated rings. The first-order valence-corrected chi connectivity index (χ1v) is 8.37. The van der Waals surface area contributed by atoms with E-state index in [0.29, 0.717) is 24.9 Å². The van der Waals surface area contributed by atoms with E-state index in [1.165, 1.54) is 16.4 Å². The summed E-state index contributed by atoms with van der Waals surface area (Å²) in [6.07, 6.45) is 1.16. The molecule has 0 saturated carbocycles. The van der Waals surface area contributed by atoms with Gasteiger partial charge in [-0.3, -0.25) is 9.59 Å². The Morgan fingerprint density at radius 1 is 1.27 bits per heavy atom. The number of carbonyl (C=O) groups is 2. The Bertz CT molecular complexity index is 715. The summed E-state index contributed by atoms with van der Waals surface area (Å²) in [6, 6.07) is 4.26. The zero-order chi connectivity index (χ0) is 16.5. The van der Waals surface area contributed by atoms with Crippen molar-refractivity contribution in [1.29, 1.82) is 0 Å². The molecule has 0 spiro atoms. The van der Waals surface area contributed by atoms with Crippen molar-refractivity contribution in [1.82, 2.24) is 4.31 Å². The standard InChI is InChI=1S/C14H19N3O4S/c1-9-4-5-11(7-12(9)14(16)19)22(20,21)17-6-2-3-10(8-17)13(15)18/h4-5,7,10H,2-3,6,8H2,1H3,(H2,15,18)(H2,16,19). The van der Waals surface area contributed by atoms with E-state index in [-0.39, 0.29) is 17.0 Å². The summed E-state index contributed by atoms with van der Waals surface area (Å²) < 4.78 is 26.6. The molecular weight excluding hydrogens is 306 g/mol. The number of nitrogens with zero attached hydrogens (tertiary/aromatic N) is 1. The zero-order valence-corrected chi connectivity index (χ0v) is 13.1. The highest BCUT2D eigenvalue weighted by atomic mass is 32.2. The molecule has 0 bridgehead atoms. The lowest BCUT2D eigenvalue weighted by Crippen LogP contribution is -2.44. The summed E-state index contributed by atoms with van der Waals surface area (Å²) in [6.45, 7) is 2.07. The molecule has 4 N–H and O–H groups in total. The molecule has 22 heavy (non-hydrogen) atoms. The second-order valence-electron chi connectivity index (χ2n) is 5.45. The molecule has 1 atom stereocenters. The molecule has 120 valence electrons. The maximum Gasteiger partial charge on any atom is 0.249 e. The van der Waals surface area contributed by atoms with Gasteiger partial charge in [-0.2, -0.15) is 4.31 Å². The molecular formula is C14H19N3O4S. The van der Waals surface area contributed by atoms with E-state index < -0.39 is 27.8 Å². The van der Waals surface area contributed by atoms with Crippen LogP contribution in [-0.4, -0.2) is 37.6 Å². The van der Waals surface area contributed by atoms with Gasteiger partial charge in [-0.1, -0.05) is 6.07 Å². The highest BCUT2D eigenvalue weighted by Crippen LogP contribution is 2.25. The van der Waals surface area contributed by atoms with Gasteiger partial charge in [-0.25, -0.2) is 8.42 Å². The third kappa shape index (κ3) is 3.12. The predicted octanol–water partition coefficient (Wildman–Crippen LogP) is -0.0201. The van der Waals surface area contributed by atoms with Crippen LogP contribution in [0.5, 0.6) is 0 Å². The van der Waals surface area contributed by atoms with E-state index in [0.717, 1.165) is 0 Å². The van der Waals surface area contributed by atoms with Crippen molar-refractivity contribution < 1.29 is 18.0 Å². The number of hydrogen-bond donors (Lipinski definition) is 2. The average Bonchev–Trinajstić information content (AvgIpc) is 2.47. The molecule has 1 aliphatic heterocycles. The number of nitrogens with two attached hydrogens (primary N) is 2. The first-order chi connectivity index (χ1) is 10.2. The van der Waals surface area contributed by atoms with Gasteiger partial charge >= 0.3 is 0 Å². The maximum absolute atomic E-state index is 12.7. The number of carbonyl (C=O) groups excluding carboxylic acids is 2. The van der Waals surface area contributed by atoms with Crippen LogP contribution in [0.25, 0.3) is 0 Å². The van der Waals surface area contributed by atoms with Crippen molar-refractivity contribution in [2.75, 3.05) is 13.1 Å². The highest BCUT2D eigenvalue weighted by molar-refractivity contribution is 7.89. The largest absolute Gasteiger partial charge is 0.369 e. The number of amides is 2. The Hall–Kier alpha value is -1.93. The van der Waals surface area contributed by atoms with Gasteiger partial charge in [0.2, 0.25) is 21.8 Å². The summed E-state index contributed by atoms with van der Waals surface area (Å²) in [4.78, 5) is 22.7. The monoisotopic (exact) mass is 325 g/mol. The molecule has 1 unspecified atom stereocenters. The van der Waals surface area contributed by atoms with Crippen LogP contribution < -0.4 is 11.5 Å². The van der Waals surface area contributed by atoms with Gasteiger partial charge in [0.25, 0.3) is 0 Å². The van der Waals surface area contributed by atoms with Crippen molar-refractivity contribution in [2.24, 2.45) is 17.4 Å². The Kier molecular flexibility index (Phi) is 4.52. The van der Waals surface area contributed by atoms with Crippen molar-refractivity contribution in [3.8, 4) is 0 Å². The number of primary amides is 2. The highest BCUT2D eigenvalue weighted by Gasteiger charge is 2.32. The fraction of sp³-hybridized carbons (Fsp3) is 0.429. The molecule has 0 radical (unpaired) electrons. The van der Waals surface area contributed by atoms with E-state index >= 15 is 0 Å². The summed E-state index contributed by atoms with van der Waals surface area (Å²) in [5.74, 6) is -1.66. The topological polar surface area (TPSA) is 124 Å². The minimum Gasteiger partial charge on any atom is -0.369 e. The SMILES string of the molecule is Cc1ccc(S(=O)(=O)N2CCCC(C(N)=O)C2)cc1C(N)=O. The smallest absolute Gasteiger partial charge is 0.249 e. The molecule has 1 aromatic rings. The molecule has 1 heterocycles. The van der Waals surface area contributed by atoms with Crippen LogP contribution in [0.2, 0.25) is 0 Å². The summed E-state index contributed by atoms with van der Waals surface area (Å²) >= 11 is 0. The molecule has 2 rings (SSSR count). The molecule has 1 aliphatic rings. The fourth-order valence-electron chi connectivity index (χ4n) is 2.57. The normalized spacial score (nSPS) is 19.8. The van der Waals surface area contributed by atoms with Crippen LogP contribution in [0.3, 0.4) is 0 Å². The van der Waals surface area contributed by atoms with Crippen molar-refractivity contribution in [3.63, 3.8) is 0 Å². The number of hydrogen-bond acceptors (Lipinski definition) is 4. The van der Waals surface area contributed by atoms with Crippen LogP contribution in [-0.2, 0) is 14.8 Å². The van der Waals surface area contributed by atoms with Gasteiger partial charge < -0.3 is 11.5 Å². The van der Waals surface area contributed by atoms with E-state index in [4.69, 9.17) is 11.5 Å². The molecule has 7 nitrogen and oxygen atoms in total. The summed E-state index contributed by atoms with van der Waals surface area (Å²) in [5, 5.41) is 0. The van der Waals surface area contributed by atoms with Gasteiger partial charge in [-0.05, 0) is 37.5 Å². The van der Waals surface area contributed by atoms with Crippen LogP contribution in [0.1, 0.15) is 28.8 Å². The predicted molar refractivity (Wildman–Crippen MR) is 80.4 cm³/mol. The van der Waals surface area contributed by atoms with Crippen LogP contribution >= 0.6 is 0 Å². The molecule has 0 aromatic heterocycles. The van der Waals surface area contributed by atoms with Crippen LogP contribution in [0.15, 0.2) is 23.1 Å². The van der Waals surface area contributed by atoms with Crippen molar-refractivity contribution in [2.45, 2.75) is 24.7 Å². The van der Waals surface area contributed by atoms with Gasteiger partial charge in [-0.15, -0.1) is 0 Å². The lowest BCUT2D eigenvalue weighted by atomic mass is 9.99. The van der Waals surface area contributed by atoms with Gasteiger partial charge in [0, 0.05) is 18.7 Å². The number of rotatable bonds is 4. The molecule has 1 aromatic carbocycles. The van der Waals surface area contributed by atoms with Gasteiger partial charge in [0.15, 0.2) is 0 Å². The maximum atomic E-state index is 12.7. The number of piperidine rings is 1. The quantitative estimate of drug-likeness (QED) is 0.807. The Labute approximate surface area is 129 Å². The Morgan fingerprint density at radius 2 is 1.95 bits per heavy atom. The second kappa shape index (κ2) is 6.05.